The molecule has 1 aliphatic rings. The molecule has 1 amide bonds. The quantitative estimate of drug-likeness (QED) is 0.789. The van der Waals surface area contributed by atoms with Crippen molar-refractivity contribution < 1.29 is 14.7 Å². The topological polar surface area (TPSA) is 99.8 Å². The molecule has 1 aliphatic heterocycles. The predicted molar refractivity (Wildman–Crippen MR) is 73.7 cm³/mol. The molecule has 7 nitrogen and oxygen atoms in total. The summed E-state index contributed by atoms with van der Waals surface area (Å²) in [4.78, 5) is 30.0. The van der Waals surface area contributed by atoms with Gasteiger partial charge in [-0.25, -0.2) is 4.98 Å². The van der Waals surface area contributed by atoms with E-state index in [9.17, 15) is 9.59 Å². The summed E-state index contributed by atoms with van der Waals surface area (Å²) >= 11 is 0. The number of nitrogens with two attached hydrogens (primary N) is 1. The van der Waals surface area contributed by atoms with Crippen LogP contribution in [0.3, 0.4) is 0 Å². The van der Waals surface area contributed by atoms with Crippen LogP contribution in [0.4, 0.5) is 5.82 Å². The lowest BCUT2D eigenvalue weighted by Crippen LogP contribution is -2.34. The molecule has 108 valence electrons. The van der Waals surface area contributed by atoms with Crippen molar-refractivity contribution in [1.29, 1.82) is 0 Å². The minimum atomic E-state index is -0.803. The minimum absolute atomic E-state index is 0.0713. The molecule has 0 bridgehead atoms. The molecule has 0 saturated carbocycles. The van der Waals surface area contributed by atoms with Gasteiger partial charge in [0.2, 0.25) is 5.91 Å². The molecule has 2 rings (SSSR count). The summed E-state index contributed by atoms with van der Waals surface area (Å²) in [6, 6.07) is 3.43. The van der Waals surface area contributed by atoms with Crippen LogP contribution in [0, 0.1) is 0 Å². The van der Waals surface area contributed by atoms with E-state index in [4.69, 9.17) is 10.8 Å². The maximum atomic E-state index is 11.0. The molecule has 1 fully saturated rings. The van der Waals surface area contributed by atoms with E-state index >= 15 is 0 Å². The fourth-order valence-corrected chi connectivity index (χ4v) is 2.27. The van der Waals surface area contributed by atoms with E-state index < -0.39 is 11.9 Å². The molecule has 20 heavy (non-hydrogen) atoms. The van der Waals surface area contributed by atoms with Gasteiger partial charge < -0.3 is 15.7 Å². The molecule has 0 aliphatic carbocycles. The molecular formula is C13H18N4O3. The molecule has 0 spiro atoms. The lowest BCUT2D eigenvalue weighted by Gasteiger charge is -2.22. The molecule has 7 heteroatoms. The average Bonchev–Trinajstić information content (AvgIpc) is 2.64. The van der Waals surface area contributed by atoms with Crippen molar-refractivity contribution in [2.75, 3.05) is 37.6 Å². The first-order chi connectivity index (χ1) is 9.56. The Kier molecular flexibility index (Phi) is 4.52. The number of anilines is 1. The normalized spacial score (nSPS) is 16.7. The van der Waals surface area contributed by atoms with Crippen LogP contribution in [0.2, 0.25) is 0 Å². The Balaban J connectivity index is 1.99. The molecule has 0 atom stereocenters. The average molecular weight is 278 g/mol. The van der Waals surface area contributed by atoms with Gasteiger partial charge in [0.15, 0.2) is 0 Å². The van der Waals surface area contributed by atoms with Crippen molar-refractivity contribution in [2.45, 2.75) is 6.42 Å². The molecule has 1 aromatic rings. The number of aliphatic carboxylic acids is 1. The summed E-state index contributed by atoms with van der Waals surface area (Å²) in [5.41, 5.74) is 5.56. The van der Waals surface area contributed by atoms with E-state index in [-0.39, 0.29) is 6.54 Å². The Morgan fingerprint density at radius 1 is 1.25 bits per heavy atom. The Morgan fingerprint density at radius 3 is 2.65 bits per heavy atom. The zero-order valence-corrected chi connectivity index (χ0v) is 11.2. The number of rotatable bonds is 4. The number of carboxylic acids is 1. The lowest BCUT2D eigenvalue weighted by atomic mass is 10.2. The zero-order chi connectivity index (χ0) is 14.5. The number of carboxylic acid groups (broad SMARTS) is 1. The van der Waals surface area contributed by atoms with E-state index in [0.717, 1.165) is 31.9 Å². The molecule has 3 N–H and O–H groups in total. The highest BCUT2D eigenvalue weighted by atomic mass is 16.4. The number of carbonyl (C=O) groups excluding carboxylic acids is 1. The Morgan fingerprint density at radius 2 is 2.05 bits per heavy atom. The van der Waals surface area contributed by atoms with Crippen molar-refractivity contribution >= 4 is 17.7 Å². The Labute approximate surface area is 117 Å². The van der Waals surface area contributed by atoms with Gasteiger partial charge in [-0.05, 0) is 18.6 Å². The number of pyridine rings is 1. The largest absolute Gasteiger partial charge is 0.480 e. The van der Waals surface area contributed by atoms with Crippen molar-refractivity contribution in [2.24, 2.45) is 5.73 Å². The maximum Gasteiger partial charge on any atom is 0.317 e. The molecule has 1 saturated heterocycles. The molecule has 0 radical (unpaired) electrons. The van der Waals surface area contributed by atoms with Crippen molar-refractivity contribution in [1.82, 2.24) is 9.88 Å². The lowest BCUT2D eigenvalue weighted by molar-refractivity contribution is -0.138. The summed E-state index contributed by atoms with van der Waals surface area (Å²) in [7, 11) is 0. The number of hydrogen-bond acceptors (Lipinski definition) is 5. The van der Waals surface area contributed by atoms with Gasteiger partial charge in [-0.3, -0.25) is 14.5 Å². The SMILES string of the molecule is NC(=O)c1ccc(N2CCCN(CC(=O)O)CC2)nc1. The van der Waals surface area contributed by atoms with Crippen molar-refractivity contribution in [3.8, 4) is 0 Å². The summed E-state index contributed by atoms with van der Waals surface area (Å²) in [5, 5.41) is 8.81. The maximum absolute atomic E-state index is 11.0. The van der Waals surface area contributed by atoms with Crippen LogP contribution < -0.4 is 10.6 Å². The highest BCUT2D eigenvalue weighted by Gasteiger charge is 2.17. The number of primary amides is 1. The van der Waals surface area contributed by atoms with Gasteiger partial charge in [-0.2, -0.15) is 0 Å². The second-order valence-corrected chi connectivity index (χ2v) is 4.78. The van der Waals surface area contributed by atoms with Crippen LogP contribution in [0.5, 0.6) is 0 Å². The van der Waals surface area contributed by atoms with Crippen LogP contribution in [0.15, 0.2) is 18.3 Å². The predicted octanol–water partition coefficient (Wildman–Crippen LogP) is -0.223. The number of aromatic nitrogens is 1. The van der Waals surface area contributed by atoms with Crippen molar-refractivity contribution in [3.63, 3.8) is 0 Å². The first-order valence-corrected chi connectivity index (χ1v) is 6.51. The Bertz CT molecular complexity index is 489. The van der Waals surface area contributed by atoms with Gasteiger partial charge in [0.1, 0.15) is 5.82 Å². The standard InChI is InChI=1S/C13H18N4O3/c14-13(20)10-2-3-11(15-8-10)17-5-1-4-16(6-7-17)9-12(18)19/h2-3,8H,1,4-7,9H2,(H2,14,20)(H,18,19). The second kappa shape index (κ2) is 6.33. The van der Waals surface area contributed by atoms with E-state index in [1.165, 1.54) is 6.20 Å². The number of hydrogen-bond donors (Lipinski definition) is 2. The van der Waals surface area contributed by atoms with Crippen LogP contribution in [-0.2, 0) is 4.79 Å². The van der Waals surface area contributed by atoms with E-state index in [1.807, 2.05) is 4.90 Å². The first kappa shape index (κ1) is 14.3. The van der Waals surface area contributed by atoms with Gasteiger partial charge in [-0.15, -0.1) is 0 Å². The highest BCUT2D eigenvalue weighted by Crippen LogP contribution is 2.14. The minimum Gasteiger partial charge on any atom is -0.480 e. The highest BCUT2D eigenvalue weighted by molar-refractivity contribution is 5.92. The van der Waals surface area contributed by atoms with E-state index in [1.54, 1.807) is 12.1 Å². The third-order valence-electron chi connectivity index (χ3n) is 3.30. The van der Waals surface area contributed by atoms with Gasteiger partial charge in [0.25, 0.3) is 0 Å². The van der Waals surface area contributed by atoms with Crippen LogP contribution in [0.25, 0.3) is 0 Å². The van der Waals surface area contributed by atoms with Crippen LogP contribution >= 0.6 is 0 Å². The zero-order valence-electron chi connectivity index (χ0n) is 11.2. The van der Waals surface area contributed by atoms with Crippen LogP contribution in [-0.4, -0.2) is 59.6 Å². The molecular weight excluding hydrogens is 260 g/mol. The summed E-state index contributed by atoms with van der Waals surface area (Å²) in [6.07, 6.45) is 2.35. The monoisotopic (exact) mass is 278 g/mol. The Hall–Kier alpha value is -2.15. The third-order valence-corrected chi connectivity index (χ3v) is 3.30. The number of carbonyl (C=O) groups is 2. The number of nitrogens with zero attached hydrogens (tertiary/aromatic N) is 3. The van der Waals surface area contributed by atoms with Gasteiger partial charge >= 0.3 is 5.97 Å². The summed E-state index contributed by atoms with van der Waals surface area (Å²) in [5.74, 6) is -0.512. The first-order valence-electron chi connectivity index (χ1n) is 6.51. The molecule has 2 heterocycles. The molecule has 1 aromatic heterocycles. The molecule has 0 unspecified atom stereocenters. The molecule has 0 aromatic carbocycles. The summed E-state index contributed by atoms with van der Waals surface area (Å²) < 4.78 is 0. The van der Waals surface area contributed by atoms with E-state index in [0.29, 0.717) is 12.1 Å². The number of amides is 1. The second-order valence-electron chi connectivity index (χ2n) is 4.78. The third kappa shape index (κ3) is 3.67. The summed E-state index contributed by atoms with van der Waals surface area (Å²) in [6.45, 7) is 3.06. The van der Waals surface area contributed by atoms with E-state index in [2.05, 4.69) is 9.88 Å². The fourth-order valence-electron chi connectivity index (χ4n) is 2.27. The van der Waals surface area contributed by atoms with Gasteiger partial charge in [0.05, 0.1) is 12.1 Å². The fraction of sp³-hybridized carbons (Fsp3) is 0.462. The van der Waals surface area contributed by atoms with Crippen LogP contribution in [0.1, 0.15) is 16.8 Å². The smallest absolute Gasteiger partial charge is 0.317 e. The van der Waals surface area contributed by atoms with Gasteiger partial charge in [-0.1, -0.05) is 0 Å². The van der Waals surface area contributed by atoms with Crippen molar-refractivity contribution in [3.05, 3.63) is 23.9 Å². The van der Waals surface area contributed by atoms with Gasteiger partial charge in [0, 0.05) is 32.4 Å².